The van der Waals surface area contributed by atoms with Gasteiger partial charge in [0.1, 0.15) is 24.9 Å². The van der Waals surface area contributed by atoms with Gasteiger partial charge in [0.15, 0.2) is 11.5 Å². The second-order valence-corrected chi connectivity index (χ2v) is 7.32. The maximum absolute atomic E-state index is 6.00. The van der Waals surface area contributed by atoms with Gasteiger partial charge in [-0.1, -0.05) is 25.5 Å². The number of methoxy groups -OCH3 is 1. The highest BCUT2D eigenvalue weighted by molar-refractivity contribution is 5.93. The van der Waals surface area contributed by atoms with Crippen molar-refractivity contribution in [3.05, 3.63) is 48.3 Å². The van der Waals surface area contributed by atoms with Crippen LogP contribution in [0.4, 0.5) is 11.5 Å². The fourth-order valence-corrected chi connectivity index (χ4v) is 3.53. The molecule has 30 heavy (non-hydrogen) atoms. The Morgan fingerprint density at radius 2 is 2.03 bits per heavy atom. The molecule has 0 spiro atoms. The summed E-state index contributed by atoms with van der Waals surface area (Å²) in [5.41, 5.74) is 3.10. The van der Waals surface area contributed by atoms with Crippen molar-refractivity contribution in [3.63, 3.8) is 0 Å². The van der Waals surface area contributed by atoms with Crippen molar-refractivity contribution in [1.82, 2.24) is 15.3 Å². The zero-order valence-electron chi connectivity index (χ0n) is 17.5. The van der Waals surface area contributed by atoms with E-state index in [2.05, 4.69) is 51.8 Å². The average molecular weight is 409 g/mol. The fraction of sp³-hybridized carbons (Fsp3) is 0.391. The number of anilines is 2. The second-order valence-electron chi connectivity index (χ2n) is 7.32. The van der Waals surface area contributed by atoms with Gasteiger partial charge in [0.05, 0.1) is 19.2 Å². The SMILES string of the molecule is CCCc1ccc(Nc2ncnc3cc(OCC4CNCCO4)c(OC)cc23)cc1. The molecule has 1 atom stereocenters. The van der Waals surface area contributed by atoms with Crippen LogP contribution in [0.3, 0.4) is 0 Å². The molecule has 7 heteroatoms. The van der Waals surface area contributed by atoms with Gasteiger partial charge in [-0.2, -0.15) is 0 Å². The molecular formula is C23H28N4O3. The normalized spacial score (nSPS) is 16.4. The van der Waals surface area contributed by atoms with Crippen molar-refractivity contribution in [2.45, 2.75) is 25.9 Å². The van der Waals surface area contributed by atoms with Gasteiger partial charge in [-0.05, 0) is 30.2 Å². The van der Waals surface area contributed by atoms with Crippen molar-refractivity contribution in [1.29, 1.82) is 0 Å². The fourth-order valence-electron chi connectivity index (χ4n) is 3.53. The zero-order chi connectivity index (χ0) is 20.8. The summed E-state index contributed by atoms with van der Waals surface area (Å²) >= 11 is 0. The summed E-state index contributed by atoms with van der Waals surface area (Å²) in [6.45, 7) is 5.00. The predicted octanol–water partition coefficient (Wildman–Crippen LogP) is 3.70. The van der Waals surface area contributed by atoms with Gasteiger partial charge in [-0.25, -0.2) is 9.97 Å². The third kappa shape index (κ3) is 4.80. The molecule has 0 bridgehead atoms. The van der Waals surface area contributed by atoms with Gasteiger partial charge in [-0.15, -0.1) is 0 Å². The third-order valence-corrected chi connectivity index (χ3v) is 5.11. The number of fused-ring (bicyclic) bond motifs is 1. The first-order valence-corrected chi connectivity index (χ1v) is 10.4. The number of nitrogens with zero attached hydrogens (tertiary/aromatic N) is 2. The van der Waals surface area contributed by atoms with Crippen molar-refractivity contribution in [2.75, 3.05) is 38.7 Å². The minimum Gasteiger partial charge on any atom is -0.493 e. The highest BCUT2D eigenvalue weighted by Crippen LogP contribution is 2.35. The molecule has 0 radical (unpaired) electrons. The molecule has 1 unspecified atom stereocenters. The van der Waals surface area contributed by atoms with E-state index in [9.17, 15) is 0 Å². The molecule has 1 aliphatic heterocycles. The molecule has 4 rings (SSSR count). The minimum absolute atomic E-state index is 0.0254. The van der Waals surface area contributed by atoms with E-state index in [0.717, 1.165) is 48.3 Å². The van der Waals surface area contributed by atoms with E-state index < -0.39 is 0 Å². The third-order valence-electron chi connectivity index (χ3n) is 5.11. The average Bonchev–Trinajstić information content (AvgIpc) is 2.79. The Bertz CT molecular complexity index is 972. The van der Waals surface area contributed by atoms with E-state index in [1.165, 1.54) is 5.56 Å². The van der Waals surface area contributed by atoms with E-state index >= 15 is 0 Å². The van der Waals surface area contributed by atoms with Crippen LogP contribution in [0.25, 0.3) is 10.9 Å². The van der Waals surface area contributed by atoms with Gasteiger partial charge in [-0.3, -0.25) is 0 Å². The smallest absolute Gasteiger partial charge is 0.163 e. The summed E-state index contributed by atoms with van der Waals surface area (Å²) in [5.74, 6) is 2.02. The standard InChI is InChI=1S/C23H28N4O3/c1-3-4-16-5-7-17(8-6-16)27-23-19-11-21(28-2)22(12-20(19)25-15-26-23)30-14-18-13-24-9-10-29-18/h5-8,11-12,15,18,24H,3-4,9-10,13-14H2,1-2H3,(H,25,26,27). The number of aromatic nitrogens is 2. The molecule has 1 aliphatic rings. The molecule has 0 aliphatic carbocycles. The minimum atomic E-state index is 0.0254. The summed E-state index contributed by atoms with van der Waals surface area (Å²) in [4.78, 5) is 8.86. The largest absolute Gasteiger partial charge is 0.493 e. The van der Waals surface area contributed by atoms with Crippen LogP contribution in [0.1, 0.15) is 18.9 Å². The van der Waals surface area contributed by atoms with Crippen molar-refractivity contribution in [2.24, 2.45) is 0 Å². The Labute approximate surface area is 176 Å². The Kier molecular flexibility index (Phi) is 6.61. The molecule has 2 N–H and O–H groups in total. The molecule has 3 aromatic rings. The lowest BCUT2D eigenvalue weighted by atomic mass is 10.1. The summed E-state index contributed by atoms with van der Waals surface area (Å²) in [5, 5.41) is 7.57. The first-order chi connectivity index (χ1) is 14.8. The van der Waals surface area contributed by atoms with Crippen LogP contribution in [0, 0.1) is 0 Å². The van der Waals surface area contributed by atoms with Crippen LogP contribution in [-0.4, -0.2) is 49.5 Å². The number of rotatable bonds is 8. The summed E-state index contributed by atoms with van der Waals surface area (Å²) in [6.07, 6.45) is 3.80. The van der Waals surface area contributed by atoms with Gasteiger partial charge in [0.2, 0.25) is 0 Å². The Balaban J connectivity index is 1.56. The van der Waals surface area contributed by atoms with E-state index in [4.69, 9.17) is 14.2 Å². The Morgan fingerprint density at radius 3 is 2.77 bits per heavy atom. The van der Waals surface area contributed by atoms with Crippen molar-refractivity contribution < 1.29 is 14.2 Å². The quantitative estimate of drug-likeness (QED) is 0.588. The van der Waals surface area contributed by atoms with Gasteiger partial charge in [0.25, 0.3) is 0 Å². The lowest BCUT2D eigenvalue weighted by Crippen LogP contribution is -2.41. The molecule has 1 aromatic heterocycles. The predicted molar refractivity (Wildman–Crippen MR) is 118 cm³/mol. The van der Waals surface area contributed by atoms with E-state index in [1.54, 1.807) is 13.4 Å². The highest BCUT2D eigenvalue weighted by Gasteiger charge is 2.17. The lowest BCUT2D eigenvalue weighted by Gasteiger charge is -2.24. The molecule has 1 fully saturated rings. The maximum atomic E-state index is 6.00. The zero-order valence-corrected chi connectivity index (χ0v) is 17.5. The Morgan fingerprint density at radius 1 is 1.17 bits per heavy atom. The molecule has 1 saturated heterocycles. The van der Waals surface area contributed by atoms with Crippen LogP contribution >= 0.6 is 0 Å². The van der Waals surface area contributed by atoms with Crippen molar-refractivity contribution in [3.8, 4) is 11.5 Å². The van der Waals surface area contributed by atoms with E-state index in [-0.39, 0.29) is 6.10 Å². The molecule has 7 nitrogen and oxygen atoms in total. The van der Waals surface area contributed by atoms with Crippen LogP contribution < -0.4 is 20.1 Å². The monoisotopic (exact) mass is 408 g/mol. The number of morpholine rings is 1. The number of benzene rings is 2. The molecular weight excluding hydrogens is 380 g/mol. The van der Waals surface area contributed by atoms with Crippen LogP contribution in [0.5, 0.6) is 11.5 Å². The number of ether oxygens (including phenoxy) is 3. The number of nitrogens with one attached hydrogen (secondary N) is 2. The van der Waals surface area contributed by atoms with E-state index in [1.807, 2.05) is 12.1 Å². The summed E-state index contributed by atoms with van der Waals surface area (Å²) < 4.78 is 17.3. The second kappa shape index (κ2) is 9.73. The molecule has 2 heterocycles. The first kappa shape index (κ1) is 20.4. The first-order valence-electron chi connectivity index (χ1n) is 10.4. The van der Waals surface area contributed by atoms with Crippen LogP contribution in [0.2, 0.25) is 0 Å². The molecule has 0 saturated carbocycles. The number of aryl methyl sites for hydroxylation is 1. The summed E-state index contributed by atoms with van der Waals surface area (Å²) in [6, 6.07) is 12.2. The van der Waals surface area contributed by atoms with Gasteiger partial charge in [0, 0.05) is 30.2 Å². The molecule has 158 valence electrons. The van der Waals surface area contributed by atoms with Crippen molar-refractivity contribution >= 4 is 22.4 Å². The molecule has 0 amide bonds. The topological polar surface area (TPSA) is 77.5 Å². The van der Waals surface area contributed by atoms with Gasteiger partial charge >= 0.3 is 0 Å². The van der Waals surface area contributed by atoms with Crippen LogP contribution in [-0.2, 0) is 11.2 Å². The lowest BCUT2D eigenvalue weighted by molar-refractivity contribution is -0.000235. The number of hydrogen-bond acceptors (Lipinski definition) is 7. The van der Waals surface area contributed by atoms with E-state index in [0.29, 0.717) is 24.7 Å². The number of hydrogen-bond donors (Lipinski definition) is 2. The Hall–Kier alpha value is -2.90. The maximum Gasteiger partial charge on any atom is 0.163 e. The van der Waals surface area contributed by atoms with Gasteiger partial charge < -0.3 is 24.8 Å². The highest BCUT2D eigenvalue weighted by atomic mass is 16.5. The van der Waals surface area contributed by atoms with Crippen LogP contribution in [0.15, 0.2) is 42.7 Å². The summed E-state index contributed by atoms with van der Waals surface area (Å²) in [7, 11) is 1.63. The molecule has 2 aromatic carbocycles.